The molecule has 0 fully saturated rings. The molecule has 4 nitrogen and oxygen atoms in total. The summed E-state index contributed by atoms with van der Waals surface area (Å²) in [7, 11) is 0. The lowest BCUT2D eigenvalue weighted by atomic mass is 10.2. The van der Waals surface area contributed by atoms with Crippen molar-refractivity contribution in [1.82, 2.24) is 14.5 Å². The number of nitrogens with zero attached hydrogens (tertiary/aromatic N) is 3. The first kappa shape index (κ1) is 12.1. The fourth-order valence-electron chi connectivity index (χ4n) is 2.43. The zero-order valence-electron chi connectivity index (χ0n) is 11.1. The number of imidazole rings is 1. The molecule has 3 heterocycles. The quantitative estimate of drug-likeness (QED) is 0.612. The molecule has 1 aromatic carbocycles. The normalized spacial score (nSPS) is 11.0. The Bertz CT molecular complexity index is 923. The van der Waals surface area contributed by atoms with Crippen LogP contribution in [0.4, 0.5) is 5.82 Å². The van der Waals surface area contributed by atoms with Crippen LogP contribution in [0, 0.1) is 0 Å². The van der Waals surface area contributed by atoms with Gasteiger partial charge in [-0.25, -0.2) is 9.97 Å². The van der Waals surface area contributed by atoms with Gasteiger partial charge in [0.15, 0.2) is 0 Å². The van der Waals surface area contributed by atoms with Crippen LogP contribution in [-0.2, 0) is 0 Å². The van der Waals surface area contributed by atoms with Gasteiger partial charge in [-0.2, -0.15) is 0 Å². The van der Waals surface area contributed by atoms with Gasteiger partial charge < -0.3 is 5.73 Å². The number of anilines is 1. The van der Waals surface area contributed by atoms with Crippen molar-refractivity contribution >= 4 is 27.2 Å². The molecule has 2 N–H and O–H groups in total. The Kier molecular flexibility index (Phi) is 2.72. The minimum atomic E-state index is 0.508. The minimum absolute atomic E-state index is 0.508. The van der Waals surface area contributed by atoms with E-state index >= 15 is 0 Å². The third kappa shape index (κ3) is 2.08. The van der Waals surface area contributed by atoms with Crippen molar-refractivity contribution in [3.8, 4) is 16.9 Å². The third-order valence-corrected chi connectivity index (χ3v) is 4.33. The van der Waals surface area contributed by atoms with Crippen molar-refractivity contribution in [3.63, 3.8) is 0 Å². The Balaban J connectivity index is 1.88. The van der Waals surface area contributed by atoms with Gasteiger partial charge in [-0.05, 0) is 47.2 Å². The van der Waals surface area contributed by atoms with Crippen molar-refractivity contribution in [2.45, 2.75) is 0 Å². The average molecular weight is 292 g/mol. The summed E-state index contributed by atoms with van der Waals surface area (Å²) in [5.74, 6) is 0.508. The van der Waals surface area contributed by atoms with Crippen LogP contribution in [0.25, 0.3) is 27.0 Å². The summed E-state index contributed by atoms with van der Waals surface area (Å²) in [6.45, 7) is 0. The van der Waals surface area contributed by atoms with Gasteiger partial charge in [0.2, 0.25) is 0 Å². The molecule has 0 saturated carbocycles. The molecule has 0 unspecified atom stereocenters. The smallest absolute Gasteiger partial charge is 0.123 e. The summed E-state index contributed by atoms with van der Waals surface area (Å²) in [5.41, 5.74) is 8.87. The van der Waals surface area contributed by atoms with Gasteiger partial charge in [0.25, 0.3) is 0 Å². The van der Waals surface area contributed by atoms with Gasteiger partial charge in [-0.15, -0.1) is 11.3 Å². The lowest BCUT2D eigenvalue weighted by molar-refractivity contribution is 1.07. The highest BCUT2D eigenvalue weighted by Gasteiger charge is 2.08. The van der Waals surface area contributed by atoms with Crippen LogP contribution in [0.5, 0.6) is 0 Å². The largest absolute Gasteiger partial charge is 0.384 e. The Morgan fingerprint density at radius 3 is 2.95 bits per heavy atom. The van der Waals surface area contributed by atoms with Crippen molar-refractivity contribution in [2.75, 3.05) is 5.73 Å². The molecule has 0 aliphatic rings. The summed E-state index contributed by atoms with van der Waals surface area (Å²) in [6, 6.07) is 12.3. The van der Waals surface area contributed by atoms with Crippen LogP contribution >= 0.6 is 11.3 Å². The summed E-state index contributed by atoms with van der Waals surface area (Å²) in [6.07, 6.45) is 5.37. The molecule has 0 aliphatic heterocycles. The van der Waals surface area contributed by atoms with Crippen LogP contribution in [0.2, 0.25) is 0 Å². The van der Waals surface area contributed by atoms with Crippen molar-refractivity contribution in [1.29, 1.82) is 0 Å². The standard InChI is InChI=1S/C16H12N4S/c17-16-8-11(3-5-19-16)14-9-18-10-20(14)13-1-2-15-12(7-13)4-6-21-15/h1-10H,(H2,17,19). The molecule has 4 aromatic rings. The van der Waals surface area contributed by atoms with Crippen LogP contribution in [0.3, 0.4) is 0 Å². The fraction of sp³-hybridized carbons (Fsp3) is 0. The predicted octanol–water partition coefficient (Wildman–Crippen LogP) is 3.73. The van der Waals surface area contributed by atoms with Crippen LogP contribution in [-0.4, -0.2) is 14.5 Å². The summed E-state index contributed by atoms with van der Waals surface area (Å²) >= 11 is 1.75. The summed E-state index contributed by atoms with van der Waals surface area (Å²) in [5, 5.41) is 3.35. The summed E-state index contributed by atoms with van der Waals surface area (Å²) < 4.78 is 3.35. The molecule has 3 aromatic heterocycles. The number of nitrogen functional groups attached to an aromatic ring is 1. The van der Waals surface area contributed by atoms with E-state index in [1.54, 1.807) is 17.5 Å². The molecule has 0 atom stereocenters. The second-order valence-corrected chi connectivity index (χ2v) is 5.71. The number of thiophene rings is 1. The van der Waals surface area contributed by atoms with E-state index in [9.17, 15) is 0 Å². The number of hydrogen-bond acceptors (Lipinski definition) is 4. The molecule has 0 aliphatic carbocycles. The van der Waals surface area contributed by atoms with Crippen LogP contribution in [0.1, 0.15) is 0 Å². The topological polar surface area (TPSA) is 56.7 Å². The van der Waals surface area contributed by atoms with Crippen LogP contribution in [0.15, 0.2) is 60.5 Å². The number of aromatic nitrogens is 3. The van der Waals surface area contributed by atoms with E-state index in [4.69, 9.17) is 5.73 Å². The number of benzene rings is 1. The molecular formula is C16H12N4S. The van der Waals surface area contributed by atoms with Crippen molar-refractivity contribution < 1.29 is 0 Å². The monoisotopic (exact) mass is 292 g/mol. The van der Waals surface area contributed by atoms with Gasteiger partial charge in [0.05, 0.1) is 18.2 Å². The first-order valence-corrected chi connectivity index (χ1v) is 7.41. The van der Waals surface area contributed by atoms with E-state index in [1.807, 2.05) is 24.7 Å². The Hall–Kier alpha value is -2.66. The van der Waals surface area contributed by atoms with E-state index in [1.165, 1.54) is 10.1 Å². The van der Waals surface area contributed by atoms with E-state index in [-0.39, 0.29) is 0 Å². The van der Waals surface area contributed by atoms with Crippen molar-refractivity contribution in [3.05, 3.63) is 60.5 Å². The molecule has 0 amide bonds. The number of hydrogen-bond donors (Lipinski definition) is 1. The molecule has 102 valence electrons. The third-order valence-electron chi connectivity index (χ3n) is 3.43. The van der Waals surface area contributed by atoms with Crippen molar-refractivity contribution in [2.24, 2.45) is 0 Å². The zero-order chi connectivity index (χ0) is 14.2. The maximum absolute atomic E-state index is 5.77. The van der Waals surface area contributed by atoms with E-state index < -0.39 is 0 Å². The second-order valence-electron chi connectivity index (χ2n) is 4.76. The number of nitrogens with two attached hydrogens (primary N) is 1. The van der Waals surface area contributed by atoms with Gasteiger partial charge in [0, 0.05) is 22.1 Å². The Morgan fingerprint density at radius 1 is 1.10 bits per heavy atom. The van der Waals surface area contributed by atoms with Gasteiger partial charge in [0.1, 0.15) is 5.82 Å². The first-order valence-electron chi connectivity index (χ1n) is 6.53. The highest BCUT2D eigenvalue weighted by Crippen LogP contribution is 2.27. The fourth-order valence-corrected chi connectivity index (χ4v) is 3.20. The Morgan fingerprint density at radius 2 is 2.05 bits per heavy atom. The average Bonchev–Trinajstić information content (AvgIpc) is 3.15. The first-order chi connectivity index (χ1) is 10.3. The summed E-state index contributed by atoms with van der Waals surface area (Å²) in [4.78, 5) is 8.31. The number of pyridine rings is 1. The minimum Gasteiger partial charge on any atom is -0.384 e. The molecule has 0 bridgehead atoms. The molecular weight excluding hydrogens is 280 g/mol. The molecule has 0 spiro atoms. The maximum Gasteiger partial charge on any atom is 0.123 e. The van der Waals surface area contributed by atoms with E-state index in [0.717, 1.165) is 16.9 Å². The second kappa shape index (κ2) is 4.71. The van der Waals surface area contributed by atoms with Crippen LogP contribution < -0.4 is 5.73 Å². The number of fused-ring (bicyclic) bond motifs is 1. The number of rotatable bonds is 2. The van der Waals surface area contributed by atoms with Gasteiger partial charge in [-0.3, -0.25) is 4.57 Å². The predicted molar refractivity (Wildman–Crippen MR) is 86.6 cm³/mol. The molecule has 0 saturated heterocycles. The highest BCUT2D eigenvalue weighted by molar-refractivity contribution is 7.17. The zero-order valence-corrected chi connectivity index (χ0v) is 11.9. The highest BCUT2D eigenvalue weighted by atomic mass is 32.1. The molecule has 0 radical (unpaired) electrons. The van der Waals surface area contributed by atoms with Gasteiger partial charge in [-0.1, -0.05) is 0 Å². The lowest BCUT2D eigenvalue weighted by Crippen LogP contribution is -1.96. The maximum atomic E-state index is 5.77. The van der Waals surface area contributed by atoms with Gasteiger partial charge >= 0.3 is 0 Å². The lowest BCUT2D eigenvalue weighted by Gasteiger charge is -2.09. The van der Waals surface area contributed by atoms with E-state index in [0.29, 0.717) is 5.82 Å². The SMILES string of the molecule is Nc1cc(-c2cncn2-c2ccc3sccc3c2)ccn1. The van der Waals surface area contributed by atoms with E-state index in [2.05, 4.69) is 44.2 Å². The Labute approximate surface area is 125 Å². The molecule has 4 rings (SSSR count). The molecule has 21 heavy (non-hydrogen) atoms. The molecule has 5 heteroatoms.